The number of nitrogens with zero attached hydrogens (tertiary/aromatic N) is 2. The second-order valence-corrected chi connectivity index (χ2v) is 9.27. The summed E-state index contributed by atoms with van der Waals surface area (Å²) in [6.45, 7) is 5.80. The van der Waals surface area contributed by atoms with Crippen LogP contribution in [-0.2, 0) is 20.8 Å². The molecule has 3 amide bonds. The van der Waals surface area contributed by atoms with Gasteiger partial charge in [-0.2, -0.15) is 0 Å². The van der Waals surface area contributed by atoms with E-state index in [1.807, 2.05) is 49.4 Å². The van der Waals surface area contributed by atoms with Crippen LogP contribution < -0.4 is 5.73 Å². The van der Waals surface area contributed by atoms with E-state index >= 15 is 0 Å². The van der Waals surface area contributed by atoms with Crippen LogP contribution in [-0.4, -0.2) is 46.1 Å². The van der Waals surface area contributed by atoms with Crippen molar-refractivity contribution < 1.29 is 14.4 Å². The molecule has 1 fully saturated rings. The Kier molecular flexibility index (Phi) is 7.22. The molecule has 7 heteroatoms. The highest BCUT2D eigenvalue weighted by molar-refractivity contribution is 6.30. The van der Waals surface area contributed by atoms with Crippen molar-refractivity contribution in [3.63, 3.8) is 0 Å². The van der Waals surface area contributed by atoms with E-state index in [9.17, 15) is 14.4 Å². The van der Waals surface area contributed by atoms with Gasteiger partial charge in [-0.05, 0) is 53.5 Å². The molecule has 3 atom stereocenters. The van der Waals surface area contributed by atoms with Crippen LogP contribution in [0.4, 0.5) is 0 Å². The van der Waals surface area contributed by atoms with Crippen molar-refractivity contribution in [1.29, 1.82) is 0 Å². The summed E-state index contributed by atoms with van der Waals surface area (Å²) in [7, 11) is 0. The number of halogens is 1. The number of benzene rings is 3. The fourth-order valence-electron chi connectivity index (χ4n) is 4.89. The van der Waals surface area contributed by atoms with Gasteiger partial charge in [0.05, 0.1) is 0 Å². The van der Waals surface area contributed by atoms with E-state index in [0.29, 0.717) is 17.0 Å². The average molecular weight is 490 g/mol. The lowest BCUT2D eigenvalue weighted by molar-refractivity contribution is -0.146. The van der Waals surface area contributed by atoms with Crippen LogP contribution in [0.25, 0.3) is 10.8 Å². The molecular weight excluding hydrogens is 462 g/mol. The molecule has 3 aromatic carbocycles. The molecule has 0 saturated carbocycles. The van der Waals surface area contributed by atoms with E-state index in [2.05, 4.69) is 6.58 Å². The first-order valence-corrected chi connectivity index (χ1v) is 12.0. The molecule has 1 aliphatic rings. The molecule has 4 rings (SSSR count). The Labute approximate surface area is 210 Å². The van der Waals surface area contributed by atoms with Gasteiger partial charge in [0.25, 0.3) is 5.91 Å². The lowest BCUT2D eigenvalue weighted by Crippen LogP contribution is -2.52. The number of amides is 3. The molecule has 0 aromatic heterocycles. The monoisotopic (exact) mass is 489 g/mol. The minimum atomic E-state index is -0.953. The maximum Gasteiger partial charge on any atom is 0.250 e. The normalized spacial score (nSPS) is 19.3. The highest BCUT2D eigenvalue weighted by Gasteiger charge is 2.42. The highest BCUT2D eigenvalue weighted by atomic mass is 35.5. The van der Waals surface area contributed by atoms with E-state index in [4.69, 9.17) is 17.3 Å². The zero-order valence-electron chi connectivity index (χ0n) is 19.6. The molecule has 3 aromatic rings. The van der Waals surface area contributed by atoms with E-state index < -0.39 is 18.0 Å². The third-order valence-electron chi connectivity index (χ3n) is 6.65. The highest BCUT2D eigenvalue weighted by Crippen LogP contribution is 2.33. The molecular formula is C28H28ClN3O3. The summed E-state index contributed by atoms with van der Waals surface area (Å²) in [5.41, 5.74) is 7.39. The third kappa shape index (κ3) is 4.93. The van der Waals surface area contributed by atoms with Crippen LogP contribution in [0.5, 0.6) is 0 Å². The van der Waals surface area contributed by atoms with Crippen LogP contribution in [0.15, 0.2) is 79.4 Å². The lowest BCUT2D eigenvalue weighted by atomic mass is 9.96. The first-order valence-electron chi connectivity index (χ1n) is 11.6. The second-order valence-electron chi connectivity index (χ2n) is 8.84. The van der Waals surface area contributed by atoms with E-state index in [1.165, 1.54) is 15.9 Å². The van der Waals surface area contributed by atoms with Gasteiger partial charge < -0.3 is 15.5 Å². The molecule has 2 unspecified atom stereocenters. The predicted octanol–water partition coefficient (Wildman–Crippen LogP) is 4.27. The number of hydrogen-bond acceptors (Lipinski definition) is 3. The third-order valence-corrected chi connectivity index (χ3v) is 6.88. The number of nitrogens with two attached hydrogens (primary N) is 1. The molecule has 180 valence electrons. The first-order chi connectivity index (χ1) is 16.8. The standard InChI is InChI=1S/C28H28ClN3O3/c1-3-25(33)32-18(2)14-15-31(28(35)26(32)21-11-7-12-22(29)16-21)24(27(30)34)17-20-10-6-9-19-8-4-5-13-23(19)20/h3-13,16,18,24,26H,1,14-15,17H2,2H3,(H2,30,34)/t18?,24?,26-/m1/s1. The Balaban J connectivity index is 1.78. The minimum absolute atomic E-state index is 0.272. The molecule has 2 N–H and O–H groups in total. The summed E-state index contributed by atoms with van der Waals surface area (Å²) in [6.07, 6.45) is 1.97. The second kappa shape index (κ2) is 10.3. The average Bonchev–Trinajstić information content (AvgIpc) is 2.97. The van der Waals surface area contributed by atoms with Crippen molar-refractivity contribution in [1.82, 2.24) is 9.80 Å². The molecule has 1 aliphatic heterocycles. The van der Waals surface area contributed by atoms with Crippen molar-refractivity contribution in [2.75, 3.05) is 6.54 Å². The number of carbonyl (C=O) groups is 3. The fraction of sp³-hybridized carbons (Fsp3) is 0.250. The Bertz CT molecular complexity index is 1290. The van der Waals surface area contributed by atoms with Gasteiger partial charge in [0.15, 0.2) is 0 Å². The maximum absolute atomic E-state index is 14.1. The largest absolute Gasteiger partial charge is 0.368 e. The molecule has 1 heterocycles. The van der Waals surface area contributed by atoms with Crippen LogP contribution in [0.1, 0.15) is 30.5 Å². The van der Waals surface area contributed by atoms with Gasteiger partial charge in [0, 0.05) is 24.0 Å². The Morgan fingerprint density at radius 3 is 2.57 bits per heavy atom. The molecule has 35 heavy (non-hydrogen) atoms. The van der Waals surface area contributed by atoms with Gasteiger partial charge >= 0.3 is 0 Å². The summed E-state index contributed by atoms with van der Waals surface area (Å²) in [4.78, 5) is 42.8. The summed E-state index contributed by atoms with van der Waals surface area (Å²) in [5.74, 6) is -1.31. The summed E-state index contributed by atoms with van der Waals surface area (Å²) in [6, 6.07) is 18.6. The Morgan fingerprint density at radius 2 is 1.86 bits per heavy atom. The molecule has 0 bridgehead atoms. The van der Waals surface area contributed by atoms with E-state index in [-0.39, 0.29) is 30.8 Å². The van der Waals surface area contributed by atoms with Crippen molar-refractivity contribution in [3.05, 3.63) is 95.5 Å². The topological polar surface area (TPSA) is 83.7 Å². The first kappa shape index (κ1) is 24.5. The number of hydrogen-bond donors (Lipinski definition) is 1. The van der Waals surface area contributed by atoms with Gasteiger partial charge in [-0.25, -0.2) is 0 Å². The maximum atomic E-state index is 14.1. The zero-order valence-corrected chi connectivity index (χ0v) is 20.3. The van der Waals surface area contributed by atoms with Crippen LogP contribution in [0, 0.1) is 0 Å². The van der Waals surface area contributed by atoms with Gasteiger partial charge in [-0.15, -0.1) is 0 Å². The summed E-state index contributed by atoms with van der Waals surface area (Å²) < 4.78 is 0. The molecule has 1 saturated heterocycles. The van der Waals surface area contributed by atoms with Crippen LogP contribution in [0.3, 0.4) is 0 Å². The zero-order chi connectivity index (χ0) is 25.1. The van der Waals surface area contributed by atoms with E-state index in [1.54, 1.807) is 24.3 Å². The van der Waals surface area contributed by atoms with Crippen molar-refractivity contribution in [3.8, 4) is 0 Å². The number of fused-ring (bicyclic) bond motifs is 1. The van der Waals surface area contributed by atoms with Gasteiger partial charge in [-0.1, -0.05) is 72.8 Å². The van der Waals surface area contributed by atoms with Gasteiger partial charge in [0.2, 0.25) is 11.8 Å². The van der Waals surface area contributed by atoms with E-state index in [0.717, 1.165) is 16.3 Å². The van der Waals surface area contributed by atoms with Crippen molar-refractivity contribution in [2.45, 2.75) is 37.9 Å². The summed E-state index contributed by atoms with van der Waals surface area (Å²) >= 11 is 6.24. The number of carbonyl (C=O) groups excluding carboxylic acids is 3. The molecule has 0 aliphatic carbocycles. The Hall–Kier alpha value is -3.64. The molecule has 0 spiro atoms. The number of primary amides is 1. The minimum Gasteiger partial charge on any atom is -0.368 e. The van der Waals surface area contributed by atoms with Crippen LogP contribution >= 0.6 is 11.6 Å². The predicted molar refractivity (Wildman–Crippen MR) is 138 cm³/mol. The lowest BCUT2D eigenvalue weighted by Gasteiger charge is -2.35. The van der Waals surface area contributed by atoms with Crippen LogP contribution in [0.2, 0.25) is 5.02 Å². The smallest absolute Gasteiger partial charge is 0.250 e. The fourth-order valence-corrected chi connectivity index (χ4v) is 5.09. The number of rotatable bonds is 6. The van der Waals surface area contributed by atoms with Crippen molar-refractivity contribution >= 4 is 40.1 Å². The quantitative estimate of drug-likeness (QED) is 0.525. The SMILES string of the molecule is C=CC(=O)N1C(C)CCN(C(Cc2cccc3ccccc23)C(N)=O)C(=O)[C@H]1c1cccc(Cl)c1. The summed E-state index contributed by atoms with van der Waals surface area (Å²) in [5, 5.41) is 2.50. The van der Waals surface area contributed by atoms with Gasteiger partial charge in [-0.3, -0.25) is 14.4 Å². The molecule has 6 nitrogen and oxygen atoms in total. The molecule has 0 radical (unpaired) electrons. The van der Waals surface area contributed by atoms with Crippen molar-refractivity contribution in [2.24, 2.45) is 5.73 Å². The van der Waals surface area contributed by atoms with Gasteiger partial charge in [0.1, 0.15) is 12.1 Å². The Morgan fingerprint density at radius 1 is 1.14 bits per heavy atom.